The number of H-pyrrole nitrogens is 1. The molecule has 8 heteroatoms. The molecular weight excluding hydrogens is 297 g/mol. The van der Waals surface area contributed by atoms with Gasteiger partial charge in [-0.15, -0.1) is 3.89 Å². The van der Waals surface area contributed by atoms with E-state index < -0.39 is 15.5 Å². The molecule has 1 amide bonds. The van der Waals surface area contributed by atoms with Crippen LogP contribution in [-0.2, 0) is 21.4 Å². The van der Waals surface area contributed by atoms with Crippen LogP contribution in [-0.4, -0.2) is 47.5 Å². The van der Waals surface area contributed by atoms with Gasteiger partial charge in [0.05, 0.1) is 0 Å². The monoisotopic (exact) mass is 311 g/mol. The number of carbonyl (C=O) groups excluding carboxylic acids is 1. The maximum absolute atomic E-state index is 12.9. The summed E-state index contributed by atoms with van der Waals surface area (Å²) in [4.78, 5) is 20.3. The van der Waals surface area contributed by atoms with Crippen molar-refractivity contribution in [3.8, 4) is 0 Å². The fourth-order valence-corrected chi connectivity index (χ4v) is 3.32. The number of hydrogen-bond acceptors (Lipinski definition) is 4. The molecule has 0 saturated carbocycles. The highest BCUT2D eigenvalue weighted by Crippen LogP contribution is 2.21. The number of aromatic amines is 1. The molecule has 0 aliphatic carbocycles. The van der Waals surface area contributed by atoms with Crippen LogP contribution >= 0.6 is 0 Å². The molecule has 1 unspecified atom stereocenters. The molecule has 3 heterocycles. The number of fused-ring (bicyclic) bond motifs is 1. The molecule has 0 radical (unpaired) electrons. The van der Waals surface area contributed by atoms with Gasteiger partial charge in [-0.25, -0.2) is 4.98 Å². The summed E-state index contributed by atoms with van der Waals surface area (Å²) in [5.41, 5.74) is 1.77. The van der Waals surface area contributed by atoms with Crippen LogP contribution in [0.5, 0.6) is 0 Å². The van der Waals surface area contributed by atoms with Gasteiger partial charge in [0.2, 0.25) is 5.91 Å². The van der Waals surface area contributed by atoms with Crippen LogP contribution in [0.4, 0.5) is 3.89 Å². The fraction of sp³-hybridized carbons (Fsp3) is 0.385. The zero-order valence-electron chi connectivity index (χ0n) is 11.1. The molecule has 0 bridgehead atoms. The standard InChI is InChI=1S/C13H14FN3O3S/c14-21(19,20)10-6-12(18)17(8-10)5-3-9-7-16-13-11(9)2-1-4-15-13/h1-2,4,7,10H,3,5-6,8H2,(H,15,16). The molecule has 6 nitrogen and oxygen atoms in total. The van der Waals surface area contributed by atoms with Crippen LogP contribution in [0.1, 0.15) is 12.0 Å². The topological polar surface area (TPSA) is 83.1 Å². The zero-order valence-corrected chi connectivity index (χ0v) is 11.9. The Kier molecular flexibility index (Phi) is 3.40. The lowest BCUT2D eigenvalue weighted by atomic mass is 10.1. The molecule has 0 aromatic carbocycles. The Labute approximate surface area is 121 Å². The van der Waals surface area contributed by atoms with Gasteiger partial charge in [-0.2, -0.15) is 8.42 Å². The van der Waals surface area contributed by atoms with Crippen molar-refractivity contribution in [2.45, 2.75) is 18.1 Å². The molecule has 1 aliphatic rings. The molecule has 2 aromatic heterocycles. The minimum absolute atomic E-state index is 0.0712. The third-order valence-electron chi connectivity index (χ3n) is 3.77. The van der Waals surface area contributed by atoms with Gasteiger partial charge in [-0.3, -0.25) is 4.79 Å². The average Bonchev–Trinajstić information content (AvgIpc) is 3.00. The summed E-state index contributed by atoms with van der Waals surface area (Å²) in [6, 6.07) is 3.75. The number of halogens is 1. The Hall–Kier alpha value is -1.96. The van der Waals surface area contributed by atoms with Gasteiger partial charge in [0.15, 0.2) is 0 Å². The van der Waals surface area contributed by atoms with Gasteiger partial charge in [0.25, 0.3) is 0 Å². The van der Waals surface area contributed by atoms with E-state index in [2.05, 4.69) is 9.97 Å². The summed E-state index contributed by atoms with van der Waals surface area (Å²) in [7, 11) is -4.65. The number of amides is 1. The first kappa shape index (κ1) is 14.0. The molecule has 0 spiro atoms. The van der Waals surface area contributed by atoms with E-state index in [9.17, 15) is 17.1 Å². The number of carbonyl (C=O) groups is 1. The second-order valence-corrected chi connectivity index (χ2v) is 6.72. The minimum Gasteiger partial charge on any atom is -0.346 e. The third-order valence-corrected chi connectivity index (χ3v) is 4.88. The van der Waals surface area contributed by atoms with Crippen molar-refractivity contribution in [3.05, 3.63) is 30.1 Å². The highest BCUT2D eigenvalue weighted by Gasteiger charge is 2.38. The van der Waals surface area contributed by atoms with E-state index in [0.717, 1.165) is 16.6 Å². The van der Waals surface area contributed by atoms with Crippen LogP contribution < -0.4 is 0 Å². The maximum Gasteiger partial charge on any atom is 0.307 e. The smallest absolute Gasteiger partial charge is 0.307 e. The second-order valence-electron chi connectivity index (χ2n) is 5.10. The van der Waals surface area contributed by atoms with E-state index in [0.29, 0.717) is 13.0 Å². The highest BCUT2D eigenvalue weighted by molar-refractivity contribution is 7.87. The summed E-state index contributed by atoms with van der Waals surface area (Å²) < 4.78 is 34.7. The van der Waals surface area contributed by atoms with Crippen LogP contribution in [0.25, 0.3) is 11.0 Å². The molecule has 3 rings (SSSR count). The van der Waals surface area contributed by atoms with Crippen LogP contribution in [0.3, 0.4) is 0 Å². The fourth-order valence-electron chi connectivity index (χ4n) is 2.62. The molecule has 1 N–H and O–H groups in total. The number of hydrogen-bond donors (Lipinski definition) is 1. The number of nitrogens with one attached hydrogen (secondary N) is 1. The van der Waals surface area contributed by atoms with Gasteiger partial charge < -0.3 is 9.88 Å². The van der Waals surface area contributed by atoms with Crippen molar-refractivity contribution >= 4 is 27.2 Å². The first-order valence-electron chi connectivity index (χ1n) is 6.57. The van der Waals surface area contributed by atoms with Gasteiger partial charge in [-0.05, 0) is 24.1 Å². The van der Waals surface area contributed by atoms with E-state index in [4.69, 9.17) is 0 Å². The molecule has 2 aromatic rings. The quantitative estimate of drug-likeness (QED) is 0.854. The first-order chi connectivity index (χ1) is 9.95. The Bertz CT molecular complexity index is 787. The summed E-state index contributed by atoms with van der Waals surface area (Å²) >= 11 is 0. The molecular formula is C13H14FN3O3S. The van der Waals surface area contributed by atoms with Crippen LogP contribution in [0.15, 0.2) is 24.5 Å². The summed E-state index contributed by atoms with van der Waals surface area (Å²) in [6.45, 7) is 0.297. The van der Waals surface area contributed by atoms with Gasteiger partial charge in [0, 0.05) is 37.3 Å². The Balaban J connectivity index is 1.70. The molecule has 1 fully saturated rings. The van der Waals surface area contributed by atoms with Crippen molar-refractivity contribution < 1.29 is 17.1 Å². The van der Waals surface area contributed by atoms with Crippen molar-refractivity contribution in [2.24, 2.45) is 0 Å². The normalized spacial score (nSPS) is 19.6. The summed E-state index contributed by atoms with van der Waals surface area (Å²) in [5.74, 6) is -0.320. The summed E-state index contributed by atoms with van der Waals surface area (Å²) in [6.07, 6.45) is 3.80. The largest absolute Gasteiger partial charge is 0.346 e. The number of likely N-dealkylation sites (tertiary alicyclic amines) is 1. The Morgan fingerprint density at radius 1 is 1.48 bits per heavy atom. The van der Waals surface area contributed by atoms with E-state index in [1.807, 2.05) is 18.3 Å². The van der Waals surface area contributed by atoms with Crippen molar-refractivity contribution in [1.82, 2.24) is 14.9 Å². The number of pyridine rings is 1. The Morgan fingerprint density at radius 3 is 3.00 bits per heavy atom. The number of aromatic nitrogens is 2. The second kappa shape index (κ2) is 5.10. The minimum atomic E-state index is -4.65. The van der Waals surface area contributed by atoms with E-state index >= 15 is 0 Å². The van der Waals surface area contributed by atoms with Crippen molar-refractivity contribution in [1.29, 1.82) is 0 Å². The molecule has 112 valence electrons. The molecule has 1 aliphatic heterocycles. The van der Waals surface area contributed by atoms with Crippen LogP contribution in [0, 0.1) is 0 Å². The highest BCUT2D eigenvalue weighted by atomic mass is 32.3. The lowest BCUT2D eigenvalue weighted by Gasteiger charge is -2.15. The van der Waals surface area contributed by atoms with E-state index in [-0.39, 0.29) is 18.9 Å². The third kappa shape index (κ3) is 2.76. The predicted octanol–water partition coefficient (Wildman–Crippen LogP) is 1.01. The van der Waals surface area contributed by atoms with Crippen molar-refractivity contribution in [3.63, 3.8) is 0 Å². The van der Waals surface area contributed by atoms with Crippen LogP contribution in [0.2, 0.25) is 0 Å². The zero-order chi connectivity index (χ0) is 15.0. The van der Waals surface area contributed by atoms with E-state index in [1.165, 1.54) is 4.90 Å². The SMILES string of the molecule is O=C1CC(S(=O)(=O)F)CN1CCc1c[nH]c2ncccc12. The van der Waals surface area contributed by atoms with Crippen molar-refractivity contribution in [2.75, 3.05) is 13.1 Å². The van der Waals surface area contributed by atoms with E-state index in [1.54, 1.807) is 6.20 Å². The first-order valence-corrected chi connectivity index (χ1v) is 8.02. The van der Waals surface area contributed by atoms with Gasteiger partial charge in [0.1, 0.15) is 10.9 Å². The lowest BCUT2D eigenvalue weighted by molar-refractivity contribution is -0.127. The number of rotatable bonds is 4. The predicted molar refractivity (Wildman–Crippen MR) is 74.8 cm³/mol. The van der Waals surface area contributed by atoms with Gasteiger partial charge >= 0.3 is 10.2 Å². The Morgan fingerprint density at radius 2 is 2.29 bits per heavy atom. The maximum atomic E-state index is 12.9. The lowest BCUT2D eigenvalue weighted by Crippen LogP contribution is -2.29. The molecule has 21 heavy (non-hydrogen) atoms. The average molecular weight is 311 g/mol. The molecule has 1 saturated heterocycles. The number of nitrogens with zero attached hydrogens (tertiary/aromatic N) is 2. The molecule has 1 atom stereocenters. The summed E-state index contributed by atoms with van der Waals surface area (Å²) in [5, 5.41) is -0.256. The van der Waals surface area contributed by atoms with Gasteiger partial charge in [-0.1, -0.05) is 0 Å².